The van der Waals surface area contributed by atoms with Gasteiger partial charge >= 0.3 is 0 Å². The molecule has 2 aromatic carbocycles. The molecule has 34 heavy (non-hydrogen) atoms. The highest BCUT2D eigenvalue weighted by molar-refractivity contribution is 7.92. The van der Waals surface area contributed by atoms with E-state index in [1.165, 1.54) is 0 Å². The highest BCUT2D eigenvalue weighted by Crippen LogP contribution is 2.31. The zero-order chi connectivity index (χ0) is 23.5. The summed E-state index contributed by atoms with van der Waals surface area (Å²) in [6.07, 6.45) is 8.66. The van der Waals surface area contributed by atoms with Crippen LogP contribution in [-0.4, -0.2) is 36.9 Å². The minimum Gasteiger partial charge on any atom is -0.487 e. The second-order valence-corrected chi connectivity index (χ2v) is 10.7. The first-order valence-electron chi connectivity index (χ1n) is 10.7. The van der Waals surface area contributed by atoms with Gasteiger partial charge in [-0.1, -0.05) is 18.2 Å². The molecule has 3 aromatic heterocycles. The van der Waals surface area contributed by atoms with Crippen LogP contribution < -0.4 is 4.74 Å². The van der Waals surface area contributed by atoms with Gasteiger partial charge < -0.3 is 4.74 Å². The van der Waals surface area contributed by atoms with E-state index in [9.17, 15) is 4.21 Å². The number of aromatic nitrogens is 4. The topological polar surface area (TPSA) is 93.1 Å². The summed E-state index contributed by atoms with van der Waals surface area (Å²) >= 11 is 0. The number of nitrogens with zero attached hydrogens (tertiary/aromatic N) is 4. The van der Waals surface area contributed by atoms with Crippen molar-refractivity contribution in [3.05, 3.63) is 91.0 Å². The standard InChI is InChI=1S/C26H23N5O2S/c1-34(2,32)31-25-15-20(29-24-6-4-3-5-22(24)25)17-33-21-9-7-19(8-10-21)26-23(16-28-30-26)18-11-13-27-14-12-18/h3-16H,17H2,1-2H3,(H,28,30). The SMILES string of the molecule is CS(C)(=O)=Nc1cc(COc2ccc(-c3n[nH]cc3-c3ccncc3)cc2)nc2ccccc12. The lowest BCUT2D eigenvalue weighted by molar-refractivity contribution is 0.302. The number of hydrogen-bond donors (Lipinski definition) is 1. The number of fused-ring (bicyclic) bond motifs is 1. The van der Waals surface area contributed by atoms with Crippen LogP contribution in [0, 0.1) is 0 Å². The van der Waals surface area contributed by atoms with Crippen molar-refractivity contribution in [3.63, 3.8) is 0 Å². The van der Waals surface area contributed by atoms with Crippen LogP contribution in [0.5, 0.6) is 5.75 Å². The predicted octanol–water partition coefficient (Wildman–Crippen LogP) is 5.63. The van der Waals surface area contributed by atoms with Crippen molar-refractivity contribution in [2.45, 2.75) is 6.61 Å². The third-order valence-corrected chi connectivity index (χ3v) is 5.85. The van der Waals surface area contributed by atoms with Crippen molar-refractivity contribution in [3.8, 4) is 28.1 Å². The number of nitrogens with one attached hydrogen (secondary N) is 1. The maximum atomic E-state index is 12.3. The molecule has 0 aliphatic carbocycles. The van der Waals surface area contributed by atoms with Gasteiger partial charge in [-0.3, -0.25) is 10.1 Å². The van der Waals surface area contributed by atoms with E-state index in [1.807, 2.05) is 72.9 Å². The predicted molar refractivity (Wildman–Crippen MR) is 135 cm³/mol. The van der Waals surface area contributed by atoms with Crippen LogP contribution in [0.2, 0.25) is 0 Å². The molecule has 0 amide bonds. The Morgan fingerprint density at radius 3 is 2.50 bits per heavy atom. The molecule has 0 saturated heterocycles. The Kier molecular flexibility index (Phi) is 5.81. The van der Waals surface area contributed by atoms with Gasteiger partial charge in [0.1, 0.15) is 12.4 Å². The molecule has 0 bridgehead atoms. The Morgan fingerprint density at radius 2 is 1.74 bits per heavy atom. The molecule has 5 rings (SSSR count). The molecule has 0 unspecified atom stereocenters. The Morgan fingerprint density at radius 1 is 0.971 bits per heavy atom. The zero-order valence-corrected chi connectivity index (χ0v) is 19.6. The van der Waals surface area contributed by atoms with Crippen LogP contribution in [0.3, 0.4) is 0 Å². The fraction of sp³-hybridized carbons (Fsp3) is 0.115. The molecule has 0 spiro atoms. The molecular formula is C26H23N5O2S. The average Bonchev–Trinajstić information content (AvgIpc) is 3.33. The molecule has 170 valence electrons. The van der Waals surface area contributed by atoms with Gasteiger partial charge in [-0.2, -0.15) is 9.46 Å². The molecule has 8 heteroatoms. The van der Waals surface area contributed by atoms with E-state index in [4.69, 9.17) is 4.74 Å². The fourth-order valence-electron chi connectivity index (χ4n) is 3.72. The third-order valence-electron chi connectivity index (χ3n) is 5.21. The van der Waals surface area contributed by atoms with E-state index in [2.05, 4.69) is 24.5 Å². The Bertz CT molecular complexity index is 1560. The summed E-state index contributed by atoms with van der Waals surface area (Å²) in [7, 11) is -2.31. The van der Waals surface area contributed by atoms with E-state index in [1.54, 1.807) is 24.9 Å². The van der Waals surface area contributed by atoms with Crippen LogP contribution in [0.1, 0.15) is 5.69 Å². The van der Waals surface area contributed by atoms with Gasteiger partial charge in [-0.25, -0.2) is 9.19 Å². The smallest absolute Gasteiger partial charge is 0.130 e. The van der Waals surface area contributed by atoms with Crippen LogP contribution in [0.15, 0.2) is 89.7 Å². The van der Waals surface area contributed by atoms with E-state index in [-0.39, 0.29) is 6.61 Å². The highest BCUT2D eigenvalue weighted by Gasteiger charge is 2.11. The number of hydrogen-bond acceptors (Lipinski definition) is 6. The van der Waals surface area contributed by atoms with Crippen molar-refractivity contribution < 1.29 is 8.95 Å². The van der Waals surface area contributed by atoms with Gasteiger partial charge in [0.2, 0.25) is 0 Å². The second-order valence-electron chi connectivity index (χ2n) is 8.12. The lowest BCUT2D eigenvalue weighted by Gasteiger charge is -2.10. The van der Waals surface area contributed by atoms with E-state index in [0.717, 1.165) is 39.0 Å². The summed E-state index contributed by atoms with van der Waals surface area (Å²) in [4.78, 5) is 8.77. The molecule has 0 aliphatic heterocycles. The monoisotopic (exact) mass is 469 g/mol. The molecule has 0 atom stereocenters. The number of ether oxygens (including phenoxy) is 1. The van der Waals surface area contributed by atoms with Crippen LogP contribution in [-0.2, 0) is 16.3 Å². The van der Waals surface area contributed by atoms with Gasteiger partial charge in [0.25, 0.3) is 0 Å². The first-order valence-corrected chi connectivity index (χ1v) is 13.0. The quantitative estimate of drug-likeness (QED) is 0.348. The van der Waals surface area contributed by atoms with Crippen molar-refractivity contribution >= 4 is 26.3 Å². The first kappa shape index (κ1) is 21.8. The number of para-hydroxylation sites is 1. The van der Waals surface area contributed by atoms with Gasteiger partial charge in [-0.15, -0.1) is 0 Å². The summed E-state index contributed by atoms with van der Waals surface area (Å²) < 4.78 is 22.7. The molecule has 0 saturated carbocycles. The zero-order valence-electron chi connectivity index (χ0n) is 18.8. The van der Waals surface area contributed by atoms with Crippen molar-refractivity contribution in [2.24, 2.45) is 4.36 Å². The third kappa shape index (κ3) is 4.82. The largest absolute Gasteiger partial charge is 0.487 e. The number of aromatic amines is 1. The van der Waals surface area contributed by atoms with E-state index >= 15 is 0 Å². The lowest BCUT2D eigenvalue weighted by Crippen LogP contribution is -1.99. The maximum absolute atomic E-state index is 12.3. The molecular weight excluding hydrogens is 446 g/mol. The lowest BCUT2D eigenvalue weighted by atomic mass is 10.0. The number of benzene rings is 2. The summed E-state index contributed by atoms with van der Waals surface area (Å²) in [5.41, 5.74) is 6.08. The van der Waals surface area contributed by atoms with Crippen molar-refractivity contribution in [1.82, 2.24) is 20.2 Å². The molecule has 7 nitrogen and oxygen atoms in total. The first-order chi connectivity index (χ1) is 16.5. The molecule has 1 N–H and O–H groups in total. The molecule has 5 aromatic rings. The van der Waals surface area contributed by atoms with E-state index < -0.39 is 9.73 Å². The van der Waals surface area contributed by atoms with Gasteiger partial charge in [0.15, 0.2) is 0 Å². The summed E-state index contributed by atoms with van der Waals surface area (Å²) in [5, 5.41) is 8.25. The minimum atomic E-state index is -2.31. The average molecular weight is 470 g/mol. The summed E-state index contributed by atoms with van der Waals surface area (Å²) in [6.45, 7) is 0.270. The molecule has 0 fully saturated rings. The number of rotatable bonds is 6. The van der Waals surface area contributed by atoms with Crippen molar-refractivity contribution in [2.75, 3.05) is 12.5 Å². The Labute approximate surface area is 198 Å². The maximum Gasteiger partial charge on any atom is 0.130 e. The molecule has 3 heterocycles. The van der Waals surface area contributed by atoms with Gasteiger partial charge in [-0.05, 0) is 54.1 Å². The van der Waals surface area contributed by atoms with Crippen molar-refractivity contribution in [1.29, 1.82) is 0 Å². The van der Waals surface area contributed by atoms with Crippen LogP contribution >= 0.6 is 0 Å². The number of pyridine rings is 2. The van der Waals surface area contributed by atoms with Crippen LogP contribution in [0.25, 0.3) is 33.3 Å². The Balaban J connectivity index is 1.37. The minimum absolute atomic E-state index is 0.270. The highest BCUT2D eigenvalue weighted by atomic mass is 32.2. The fourth-order valence-corrected chi connectivity index (χ4v) is 4.35. The normalized spacial score (nSPS) is 11.5. The van der Waals surface area contributed by atoms with Gasteiger partial charge in [0, 0.05) is 57.3 Å². The molecule has 0 radical (unpaired) electrons. The molecule has 0 aliphatic rings. The van der Waals surface area contributed by atoms with E-state index in [0.29, 0.717) is 11.4 Å². The van der Waals surface area contributed by atoms with Crippen LogP contribution in [0.4, 0.5) is 5.69 Å². The number of H-pyrrole nitrogens is 1. The summed E-state index contributed by atoms with van der Waals surface area (Å²) in [5.74, 6) is 0.716. The van der Waals surface area contributed by atoms with Gasteiger partial charge in [0.05, 0.1) is 22.6 Å². The Hall–Kier alpha value is -4.04. The second kappa shape index (κ2) is 9.07. The summed E-state index contributed by atoms with van der Waals surface area (Å²) in [6, 6.07) is 21.2.